The van der Waals surface area contributed by atoms with Crippen LogP contribution in [0, 0.1) is 0 Å². The van der Waals surface area contributed by atoms with E-state index < -0.39 is 0 Å². The number of nitrogens with zero attached hydrogens (tertiary/aromatic N) is 1. The number of benzene rings is 1. The third-order valence-electron chi connectivity index (χ3n) is 2.60. The van der Waals surface area contributed by atoms with Gasteiger partial charge in [0.1, 0.15) is 0 Å². The lowest BCUT2D eigenvalue weighted by Gasteiger charge is -2.10. The molecule has 1 rings (SSSR count). The van der Waals surface area contributed by atoms with Crippen LogP contribution in [0.4, 0.5) is 5.69 Å². The van der Waals surface area contributed by atoms with Crippen molar-refractivity contribution in [3.8, 4) is 0 Å². The number of carbonyl (C=O) groups excluding carboxylic acids is 2. The van der Waals surface area contributed by atoms with Crippen LogP contribution >= 0.6 is 0 Å². The van der Waals surface area contributed by atoms with Gasteiger partial charge >= 0.3 is 0 Å². The van der Waals surface area contributed by atoms with Crippen molar-refractivity contribution in [2.45, 2.75) is 6.92 Å². The number of hydrogen-bond acceptors (Lipinski definition) is 4. The summed E-state index contributed by atoms with van der Waals surface area (Å²) < 4.78 is 0. The maximum Gasteiger partial charge on any atom is 0.238 e. The quantitative estimate of drug-likeness (QED) is 0.568. The van der Waals surface area contributed by atoms with Crippen molar-refractivity contribution in [2.75, 3.05) is 39.0 Å². The van der Waals surface area contributed by atoms with Crippen molar-refractivity contribution >= 4 is 17.4 Å². The van der Waals surface area contributed by atoms with Gasteiger partial charge in [-0.25, -0.2) is 0 Å². The van der Waals surface area contributed by atoms with Gasteiger partial charge in [-0.15, -0.1) is 0 Å². The van der Waals surface area contributed by atoms with Gasteiger partial charge in [-0.05, 0) is 45.3 Å². The van der Waals surface area contributed by atoms with Gasteiger partial charge in [0.25, 0.3) is 0 Å². The maximum atomic E-state index is 11.6. The zero-order valence-corrected chi connectivity index (χ0v) is 11.7. The molecule has 0 saturated carbocycles. The van der Waals surface area contributed by atoms with Gasteiger partial charge in [-0.1, -0.05) is 0 Å². The van der Waals surface area contributed by atoms with E-state index in [2.05, 4.69) is 10.6 Å². The number of rotatable bonds is 7. The molecule has 0 aliphatic rings. The minimum Gasteiger partial charge on any atom is -0.325 e. The lowest BCUT2D eigenvalue weighted by molar-refractivity contribution is -0.115. The van der Waals surface area contributed by atoms with Crippen LogP contribution in [0.2, 0.25) is 0 Å². The lowest BCUT2D eigenvalue weighted by atomic mass is 10.1. The van der Waals surface area contributed by atoms with Crippen LogP contribution in [0.1, 0.15) is 17.3 Å². The summed E-state index contributed by atoms with van der Waals surface area (Å²) in [4.78, 5) is 24.8. The standard InChI is InChI=1S/C14H21N3O2/c1-11(18)12-4-6-13(7-5-12)16-14(19)10-15-8-9-17(2)3/h4-7,15H,8-10H2,1-3H3,(H,16,19). The Hall–Kier alpha value is -1.72. The molecule has 0 radical (unpaired) electrons. The molecule has 0 heterocycles. The first kappa shape index (κ1) is 15.3. The third-order valence-corrected chi connectivity index (χ3v) is 2.60. The van der Waals surface area contributed by atoms with E-state index in [0.29, 0.717) is 11.3 Å². The van der Waals surface area contributed by atoms with E-state index >= 15 is 0 Å². The SMILES string of the molecule is CC(=O)c1ccc(NC(=O)CNCCN(C)C)cc1. The predicted octanol–water partition coefficient (Wildman–Crippen LogP) is 0.979. The highest BCUT2D eigenvalue weighted by molar-refractivity contribution is 5.96. The van der Waals surface area contributed by atoms with Crippen LogP contribution in [-0.4, -0.2) is 50.3 Å². The van der Waals surface area contributed by atoms with Gasteiger partial charge in [-0.3, -0.25) is 9.59 Å². The van der Waals surface area contributed by atoms with Crippen LogP contribution in [0.3, 0.4) is 0 Å². The Labute approximate surface area is 114 Å². The Bertz CT molecular complexity index is 427. The first-order valence-corrected chi connectivity index (χ1v) is 6.25. The molecule has 1 aromatic rings. The van der Waals surface area contributed by atoms with Crippen molar-refractivity contribution < 1.29 is 9.59 Å². The zero-order valence-electron chi connectivity index (χ0n) is 11.7. The van der Waals surface area contributed by atoms with Gasteiger partial charge < -0.3 is 15.5 Å². The van der Waals surface area contributed by atoms with Crippen LogP contribution in [0.25, 0.3) is 0 Å². The van der Waals surface area contributed by atoms with Crippen LogP contribution < -0.4 is 10.6 Å². The van der Waals surface area contributed by atoms with E-state index in [1.165, 1.54) is 6.92 Å². The largest absolute Gasteiger partial charge is 0.325 e. The highest BCUT2D eigenvalue weighted by Crippen LogP contribution is 2.09. The van der Waals surface area contributed by atoms with Crippen molar-refractivity contribution in [2.24, 2.45) is 0 Å². The molecule has 0 spiro atoms. The fourth-order valence-electron chi connectivity index (χ4n) is 1.50. The molecule has 0 aromatic heterocycles. The Morgan fingerprint density at radius 1 is 1.16 bits per heavy atom. The van der Waals surface area contributed by atoms with E-state index in [4.69, 9.17) is 0 Å². The Kier molecular flexibility index (Phi) is 6.18. The summed E-state index contributed by atoms with van der Waals surface area (Å²) in [6.45, 7) is 3.45. The van der Waals surface area contributed by atoms with E-state index in [1.807, 2.05) is 19.0 Å². The van der Waals surface area contributed by atoms with Crippen LogP contribution in [0.15, 0.2) is 24.3 Å². The highest BCUT2D eigenvalue weighted by Gasteiger charge is 2.03. The third kappa shape index (κ3) is 6.13. The van der Waals surface area contributed by atoms with Crippen molar-refractivity contribution in [1.29, 1.82) is 0 Å². The molecule has 104 valence electrons. The average Bonchev–Trinajstić information content (AvgIpc) is 2.35. The molecule has 0 aliphatic heterocycles. The van der Waals surface area contributed by atoms with Gasteiger partial charge in [0.05, 0.1) is 6.54 Å². The lowest BCUT2D eigenvalue weighted by Crippen LogP contribution is -2.33. The number of anilines is 1. The number of carbonyl (C=O) groups is 2. The molecule has 0 unspecified atom stereocenters. The molecule has 0 fully saturated rings. The Morgan fingerprint density at radius 2 is 1.79 bits per heavy atom. The average molecular weight is 263 g/mol. The first-order chi connectivity index (χ1) is 8.99. The molecule has 1 aromatic carbocycles. The fraction of sp³-hybridized carbons (Fsp3) is 0.429. The first-order valence-electron chi connectivity index (χ1n) is 6.25. The highest BCUT2D eigenvalue weighted by atomic mass is 16.2. The van der Waals surface area contributed by atoms with Crippen molar-refractivity contribution in [3.05, 3.63) is 29.8 Å². The second-order valence-corrected chi connectivity index (χ2v) is 4.66. The second-order valence-electron chi connectivity index (χ2n) is 4.66. The monoisotopic (exact) mass is 263 g/mol. The minimum absolute atomic E-state index is 0.0169. The van der Waals surface area contributed by atoms with Crippen LogP contribution in [0.5, 0.6) is 0 Å². The van der Waals surface area contributed by atoms with Crippen LogP contribution in [-0.2, 0) is 4.79 Å². The summed E-state index contributed by atoms with van der Waals surface area (Å²) >= 11 is 0. The van der Waals surface area contributed by atoms with E-state index in [-0.39, 0.29) is 18.2 Å². The number of likely N-dealkylation sites (N-methyl/N-ethyl adjacent to an activating group) is 1. The molecule has 0 bridgehead atoms. The number of Topliss-reactive ketones (excluding diaryl/α,β-unsaturated/α-hetero) is 1. The van der Waals surface area contributed by atoms with E-state index in [0.717, 1.165) is 13.1 Å². The Balaban J connectivity index is 2.34. The molecule has 0 aliphatic carbocycles. The van der Waals surface area contributed by atoms with Gasteiger partial charge in [0, 0.05) is 24.3 Å². The van der Waals surface area contributed by atoms with E-state index in [9.17, 15) is 9.59 Å². The van der Waals surface area contributed by atoms with Crippen molar-refractivity contribution in [3.63, 3.8) is 0 Å². The van der Waals surface area contributed by atoms with Gasteiger partial charge in [0.15, 0.2) is 5.78 Å². The van der Waals surface area contributed by atoms with Gasteiger partial charge in [-0.2, -0.15) is 0 Å². The fourth-order valence-corrected chi connectivity index (χ4v) is 1.50. The summed E-state index contributed by atoms with van der Waals surface area (Å²) in [6, 6.07) is 6.87. The molecule has 2 N–H and O–H groups in total. The molecule has 1 amide bonds. The van der Waals surface area contributed by atoms with E-state index in [1.54, 1.807) is 24.3 Å². The predicted molar refractivity (Wildman–Crippen MR) is 76.5 cm³/mol. The smallest absolute Gasteiger partial charge is 0.238 e. The number of hydrogen-bond donors (Lipinski definition) is 2. The summed E-state index contributed by atoms with van der Waals surface area (Å²) in [5, 5.41) is 5.83. The molecular formula is C14H21N3O2. The molecule has 5 heteroatoms. The molecular weight excluding hydrogens is 242 g/mol. The number of nitrogens with one attached hydrogen (secondary N) is 2. The summed E-state index contributed by atoms with van der Waals surface area (Å²) in [6.07, 6.45) is 0. The number of ketones is 1. The molecule has 0 saturated heterocycles. The van der Waals surface area contributed by atoms with Crippen molar-refractivity contribution in [1.82, 2.24) is 10.2 Å². The molecule has 5 nitrogen and oxygen atoms in total. The molecule has 19 heavy (non-hydrogen) atoms. The maximum absolute atomic E-state index is 11.6. The summed E-state index contributed by atoms with van der Waals surface area (Å²) in [5.74, 6) is -0.0717. The number of amides is 1. The Morgan fingerprint density at radius 3 is 2.32 bits per heavy atom. The normalized spacial score (nSPS) is 10.5. The second kappa shape index (κ2) is 7.66. The minimum atomic E-state index is -0.0886. The summed E-state index contributed by atoms with van der Waals surface area (Å²) in [5.41, 5.74) is 1.34. The summed E-state index contributed by atoms with van der Waals surface area (Å²) in [7, 11) is 3.97. The zero-order chi connectivity index (χ0) is 14.3. The topological polar surface area (TPSA) is 61.4 Å². The van der Waals surface area contributed by atoms with Gasteiger partial charge in [0.2, 0.25) is 5.91 Å². The molecule has 0 atom stereocenters.